The highest BCUT2D eigenvalue weighted by molar-refractivity contribution is 5.38. The zero-order chi connectivity index (χ0) is 13.2. The maximum atomic E-state index is 4.76. The highest BCUT2D eigenvalue weighted by Gasteiger charge is 2.22. The van der Waals surface area contributed by atoms with Crippen molar-refractivity contribution in [2.75, 3.05) is 11.9 Å². The van der Waals surface area contributed by atoms with Gasteiger partial charge in [-0.05, 0) is 12.8 Å². The minimum absolute atomic E-state index is 0.0848. The lowest BCUT2D eigenvalue weighted by Gasteiger charge is -2.25. The number of anilines is 1. The van der Waals surface area contributed by atoms with E-state index >= 15 is 0 Å². The Kier molecular flexibility index (Phi) is 3.88. The Morgan fingerprint density at radius 2 is 2.00 bits per heavy atom. The van der Waals surface area contributed by atoms with Crippen LogP contribution in [0.4, 0.5) is 5.82 Å². The number of nitrogens with zero attached hydrogens (tertiary/aromatic N) is 2. The van der Waals surface area contributed by atoms with E-state index in [0.29, 0.717) is 0 Å². The molecule has 0 aromatic carbocycles. The average molecular weight is 247 g/mol. The summed E-state index contributed by atoms with van der Waals surface area (Å²) in [5, 5.41) is 3.32. The van der Waals surface area contributed by atoms with Crippen LogP contribution in [0.3, 0.4) is 0 Å². The van der Waals surface area contributed by atoms with E-state index in [-0.39, 0.29) is 5.41 Å². The van der Waals surface area contributed by atoms with Gasteiger partial charge in [-0.15, -0.1) is 0 Å². The van der Waals surface area contributed by atoms with Crippen LogP contribution >= 0.6 is 0 Å². The Morgan fingerprint density at radius 3 is 2.50 bits per heavy atom. The Morgan fingerprint density at radius 1 is 1.28 bits per heavy atom. The smallest absolute Gasteiger partial charge is 0.131 e. The minimum atomic E-state index is 0.0848. The van der Waals surface area contributed by atoms with Crippen LogP contribution < -0.4 is 5.32 Å². The number of aromatic nitrogens is 2. The van der Waals surface area contributed by atoms with E-state index in [1.54, 1.807) is 0 Å². The van der Waals surface area contributed by atoms with Gasteiger partial charge in [0.1, 0.15) is 11.6 Å². The molecule has 1 aromatic rings. The standard InChI is InChI=1S/C15H25N3/c1-5-16-13-10-12(15(2,3)4)17-14(18-13)9-11-7-6-8-11/h10-11H,5-9H2,1-4H3,(H,16,17,18). The summed E-state index contributed by atoms with van der Waals surface area (Å²) in [5.41, 5.74) is 1.23. The molecule has 0 radical (unpaired) electrons. The van der Waals surface area contributed by atoms with Crippen LogP contribution in [-0.2, 0) is 11.8 Å². The normalized spacial score (nSPS) is 16.4. The second-order valence-corrected chi connectivity index (χ2v) is 6.34. The van der Waals surface area contributed by atoms with Gasteiger partial charge < -0.3 is 5.32 Å². The van der Waals surface area contributed by atoms with Crippen LogP contribution in [-0.4, -0.2) is 16.5 Å². The van der Waals surface area contributed by atoms with Crippen molar-refractivity contribution >= 4 is 5.82 Å². The molecule has 3 heteroatoms. The summed E-state index contributed by atoms with van der Waals surface area (Å²) >= 11 is 0. The molecule has 3 nitrogen and oxygen atoms in total. The van der Waals surface area contributed by atoms with Crippen LogP contribution in [0.2, 0.25) is 0 Å². The maximum absolute atomic E-state index is 4.76. The minimum Gasteiger partial charge on any atom is -0.370 e. The SMILES string of the molecule is CCNc1cc(C(C)(C)C)nc(CC2CCC2)n1. The summed E-state index contributed by atoms with van der Waals surface area (Å²) in [6.07, 6.45) is 5.12. The molecule has 18 heavy (non-hydrogen) atoms. The van der Waals surface area contributed by atoms with Crippen molar-refractivity contribution in [1.82, 2.24) is 9.97 Å². The third-order valence-electron chi connectivity index (χ3n) is 3.59. The summed E-state index contributed by atoms with van der Waals surface area (Å²) in [6.45, 7) is 9.63. The summed E-state index contributed by atoms with van der Waals surface area (Å²) < 4.78 is 0. The molecule has 0 spiro atoms. The lowest BCUT2D eigenvalue weighted by molar-refractivity contribution is 0.308. The van der Waals surface area contributed by atoms with Crippen LogP contribution in [0, 0.1) is 5.92 Å². The molecule has 1 fully saturated rings. The first kappa shape index (κ1) is 13.3. The van der Waals surface area contributed by atoms with Crippen molar-refractivity contribution in [2.45, 2.75) is 58.8 Å². The molecule has 1 saturated carbocycles. The van der Waals surface area contributed by atoms with Crippen molar-refractivity contribution in [3.05, 3.63) is 17.6 Å². The van der Waals surface area contributed by atoms with Crippen molar-refractivity contribution in [3.63, 3.8) is 0 Å². The second kappa shape index (κ2) is 5.25. The fraction of sp³-hybridized carbons (Fsp3) is 0.733. The van der Waals surface area contributed by atoms with Crippen LogP contribution in [0.25, 0.3) is 0 Å². The van der Waals surface area contributed by atoms with E-state index < -0.39 is 0 Å². The Labute approximate surface area is 110 Å². The molecule has 1 aromatic heterocycles. The molecule has 0 amide bonds. The molecule has 1 aliphatic rings. The zero-order valence-corrected chi connectivity index (χ0v) is 12.1. The van der Waals surface area contributed by atoms with Crippen LogP contribution in [0.5, 0.6) is 0 Å². The number of hydrogen-bond donors (Lipinski definition) is 1. The summed E-state index contributed by atoms with van der Waals surface area (Å²) in [7, 11) is 0. The summed E-state index contributed by atoms with van der Waals surface area (Å²) in [5.74, 6) is 2.81. The summed E-state index contributed by atoms with van der Waals surface area (Å²) in [6, 6.07) is 2.09. The Hall–Kier alpha value is -1.12. The number of hydrogen-bond acceptors (Lipinski definition) is 3. The molecule has 0 bridgehead atoms. The van der Waals surface area contributed by atoms with Gasteiger partial charge >= 0.3 is 0 Å². The first-order chi connectivity index (χ1) is 8.49. The molecule has 0 unspecified atom stereocenters. The first-order valence-electron chi connectivity index (χ1n) is 7.11. The quantitative estimate of drug-likeness (QED) is 0.884. The highest BCUT2D eigenvalue weighted by Crippen LogP contribution is 2.30. The fourth-order valence-corrected chi connectivity index (χ4v) is 2.20. The monoisotopic (exact) mass is 247 g/mol. The second-order valence-electron chi connectivity index (χ2n) is 6.34. The van der Waals surface area contributed by atoms with E-state index in [1.165, 1.54) is 19.3 Å². The third-order valence-corrected chi connectivity index (χ3v) is 3.59. The highest BCUT2D eigenvalue weighted by atomic mass is 15.0. The predicted molar refractivity (Wildman–Crippen MR) is 75.9 cm³/mol. The van der Waals surface area contributed by atoms with E-state index in [2.05, 4.69) is 44.1 Å². The fourth-order valence-electron chi connectivity index (χ4n) is 2.20. The average Bonchev–Trinajstić information content (AvgIpc) is 2.23. The number of nitrogens with one attached hydrogen (secondary N) is 1. The molecule has 0 atom stereocenters. The molecular weight excluding hydrogens is 222 g/mol. The van der Waals surface area contributed by atoms with Gasteiger partial charge in [-0.1, -0.05) is 40.0 Å². The van der Waals surface area contributed by atoms with Gasteiger partial charge in [-0.2, -0.15) is 0 Å². The molecule has 100 valence electrons. The van der Waals surface area contributed by atoms with E-state index in [9.17, 15) is 0 Å². The van der Waals surface area contributed by atoms with Crippen molar-refractivity contribution < 1.29 is 0 Å². The lowest BCUT2D eigenvalue weighted by atomic mass is 9.82. The number of rotatable bonds is 4. The van der Waals surface area contributed by atoms with Gasteiger partial charge in [-0.3, -0.25) is 0 Å². The lowest BCUT2D eigenvalue weighted by Crippen LogP contribution is -2.20. The summed E-state index contributed by atoms with van der Waals surface area (Å²) in [4.78, 5) is 9.39. The van der Waals surface area contributed by atoms with Crippen molar-refractivity contribution in [3.8, 4) is 0 Å². The Balaban J connectivity index is 2.23. The molecule has 1 heterocycles. The topological polar surface area (TPSA) is 37.8 Å². The van der Waals surface area contributed by atoms with Crippen molar-refractivity contribution in [1.29, 1.82) is 0 Å². The van der Waals surface area contributed by atoms with Crippen molar-refractivity contribution in [2.24, 2.45) is 5.92 Å². The van der Waals surface area contributed by atoms with Crippen LogP contribution in [0.15, 0.2) is 6.07 Å². The third kappa shape index (κ3) is 3.21. The molecule has 0 saturated heterocycles. The van der Waals surface area contributed by atoms with Gasteiger partial charge in [0.15, 0.2) is 0 Å². The Bertz CT molecular complexity index is 403. The maximum Gasteiger partial charge on any atom is 0.131 e. The van der Waals surface area contributed by atoms with E-state index in [1.807, 2.05) is 0 Å². The van der Waals surface area contributed by atoms with Gasteiger partial charge in [0.25, 0.3) is 0 Å². The molecular formula is C15H25N3. The molecule has 2 rings (SSSR count). The largest absolute Gasteiger partial charge is 0.370 e. The van der Waals surface area contributed by atoms with E-state index in [0.717, 1.165) is 36.2 Å². The molecule has 1 aliphatic carbocycles. The van der Waals surface area contributed by atoms with Gasteiger partial charge in [0.2, 0.25) is 0 Å². The zero-order valence-electron chi connectivity index (χ0n) is 12.1. The molecule has 1 N–H and O–H groups in total. The van der Waals surface area contributed by atoms with Gasteiger partial charge in [-0.25, -0.2) is 9.97 Å². The van der Waals surface area contributed by atoms with Gasteiger partial charge in [0.05, 0.1) is 5.69 Å². The van der Waals surface area contributed by atoms with Crippen LogP contribution in [0.1, 0.15) is 58.5 Å². The molecule has 0 aliphatic heterocycles. The van der Waals surface area contributed by atoms with Gasteiger partial charge in [0, 0.05) is 24.4 Å². The van der Waals surface area contributed by atoms with E-state index in [4.69, 9.17) is 4.98 Å². The predicted octanol–water partition coefficient (Wildman–Crippen LogP) is 3.55. The first-order valence-corrected chi connectivity index (χ1v) is 7.11.